The summed E-state index contributed by atoms with van der Waals surface area (Å²) < 4.78 is 46.4. The first-order chi connectivity index (χ1) is 15.3. The van der Waals surface area contributed by atoms with Crippen LogP contribution in [0, 0.1) is 0 Å². The number of alkyl halides is 3. The summed E-state index contributed by atoms with van der Waals surface area (Å²) in [6, 6.07) is 14.2. The Morgan fingerprint density at radius 1 is 1.06 bits per heavy atom. The molecule has 0 amide bonds. The van der Waals surface area contributed by atoms with Gasteiger partial charge in [-0.05, 0) is 54.2 Å². The van der Waals surface area contributed by atoms with E-state index in [1.807, 2.05) is 30.3 Å². The number of rotatable bonds is 6. The number of nitrogens with zero attached hydrogens (tertiary/aromatic N) is 2. The molecule has 1 aromatic heterocycles. The van der Waals surface area contributed by atoms with Crippen molar-refractivity contribution in [3.63, 3.8) is 0 Å². The Bertz CT molecular complexity index is 1100. The van der Waals surface area contributed by atoms with Crippen molar-refractivity contribution in [1.29, 1.82) is 0 Å². The van der Waals surface area contributed by atoms with Crippen LogP contribution in [0.2, 0.25) is 0 Å². The summed E-state index contributed by atoms with van der Waals surface area (Å²) in [6.45, 7) is 0.224. The van der Waals surface area contributed by atoms with Gasteiger partial charge in [0.05, 0.1) is 5.56 Å². The van der Waals surface area contributed by atoms with Crippen LogP contribution in [0.4, 0.5) is 13.2 Å². The normalized spacial score (nSPS) is 18.5. The first kappa shape index (κ1) is 21.8. The molecule has 8 heteroatoms. The lowest BCUT2D eigenvalue weighted by molar-refractivity contribution is -0.137. The summed E-state index contributed by atoms with van der Waals surface area (Å²) in [5.41, 5.74) is 0.469. The predicted octanol–water partition coefficient (Wildman–Crippen LogP) is 5.82. The fourth-order valence-electron chi connectivity index (χ4n) is 4.19. The maximum absolute atomic E-state index is 13.5. The van der Waals surface area contributed by atoms with Crippen molar-refractivity contribution in [3.05, 3.63) is 89.0 Å². The van der Waals surface area contributed by atoms with Gasteiger partial charge in [0.25, 0.3) is 0 Å². The van der Waals surface area contributed by atoms with E-state index in [1.165, 1.54) is 18.3 Å². The second-order valence-corrected chi connectivity index (χ2v) is 7.77. The van der Waals surface area contributed by atoms with Gasteiger partial charge in [-0.15, -0.1) is 0 Å². The van der Waals surface area contributed by atoms with E-state index < -0.39 is 17.7 Å². The highest BCUT2D eigenvalue weighted by Gasteiger charge is 2.37. The summed E-state index contributed by atoms with van der Waals surface area (Å²) in [5, 5.41) is 9.25. The molecule has 5 nitrogen and oxygen atoms in total. The fourth-order valence-corrected chi connectivity index (χ4v) is 4.19. The Morgan fingerprint density at radius 2 is 1.81 bits per heavy atom. The highest BCUT2D eigenvalue weighted by atomic mass is 19.4. The lowest BCUT2D eigenvalue weighted by atomic mass is 9.86. The minimum Gasteiger partial charge on any atom is -0.489 e. The van der Waals surface area contributed by atoms with E-state index >= 15 is 0 Å². The van der Waals surface area contributed by atoms with Gasteiger partial charge in [0.1, 0.15) is 18.2 Å². The van der Waals surface area contributed by atoms with Gasteiger partial charge in [-0.3, -0.25) is 0 Å². The van der Waals surface area contributed by atoms with Gasteiger partial charge >= 0.3 is 12.1 Å². The molecule has 3 aromatic rings. The summed E-state index contributed by atoms with van der Waals surface area (Å²) in [4.78, 5) is 19.7. The average Bonchev–Trinajstić information content (AvgIpc) is 3.27. The van der Waals surface area contributed by atoms with E-state index in [-0.39, 0.29) is 24.1 Å². The standard InChI is InChI=1S/C24H21F3N2O3/c25-24(26,27)16-9-10-21(32-14-15-5-2-1-3-6-15)19(13-16)17-7-4-8-18(17)22-28-12-11-20(29-22)23(30)31/h1-3,5-6,9-13,17-18H,4,7-8,14H2,(H,30,31). The van der Waals surface area contributed by atoms with Gasteiger partial charge in [0.15, 0.2) is 5.69 Å². The topological polar surface area (TPSA) is 72.3 Å². The number of carboxylic acids is 1. The Labute approximate surface area is 182 Å². The number of carbonyl (C=O) groups is 1. The highest BCUT2D eigenvalue weighted by molar-refractivity contribution is 5.85. The maximum atomic E-state index is 13.5. The number of hydrogen-bond acceptors (Lipinski definition) is 4. The molecule has 0 radical (unpaired) electrons. The van der Waals surface area contributed by atoms with Crippen LogP contribution in [0.1, 0.15) is 64.1 Å². The Kier molecular flexibility index (Phi) is 6.12. The molecular weight excluding hydrogens is 421 g/mol. The molecule has 2 unspecified atom stereocenters. The van der Waals surface area contributed by atoms with Gasteiger partial charge in [-0.25, -0.2) is 14.8 Å². The summed E-state index contributed by atoms with van der Waals surface area (Å²) in [6.07, 6.45) is -1.05. The van der Waals surface area contributed by atoms with Gasteiger partial charge in [-0.1, -0.05) is 36.8 Å². The lowest BCUT2D eigenvalue weighted by Gasteiger charge is -2.23. The zero-order valence-corrected chi connectivity index (χ0v) is 17.0. The zero-order valence-electron chi connectivity index (χ0n) is 17.0. The van der Waals surface area contributed by atoms with E-state index in [9.17, 15) is 23.1 Å². The van der Waals surface area contributed by atoms with Gasteiger partial charge in [0.2, 0.25) is 0 Å². The monoisotopic (exact) mass is 442 g/mol. The second kappa shape index (κ2) is 8.98. The second-order valence-electron chi connectivity index (χ2n) is 7.77. The highest BCUT2D eigenvalue weighted by Crippen LogP contribution is 2.48. The smallest absolute Gasteiger partial charge is 0.416 e. The van der Waals surface area contributed by atoms with Gasteiger partial charge < -0.3 is 9.84 Å². The fraction of sp³-hybridized carbons (Fsp3) is 0.292. The van der Waals surface area contributed by atoms with E-state index in [1.54, 1.807) is 0 Å². The SMILES string of the molecule is O=C(O)c1ccnc(C2CCCC2c2cc(C(F)(F)F)ccc2OCc2ccccc2)n1. The number of ether oxygens (including phenoxy) is 1. The quantitative estimate of drug-likeness (QED) is 0.521. The third kappa shape index (κ3) is 4.74. The van der Waals surface area contributed by atoms with Crippen LogP contribution in [-0.2, 0) is 12.8 Å². The first-order valence-corrected chi connectivity index (χ1v) is 10.3. The molecule has 1 fully saturated rings. The van der Waals surface area contributed by atoms with Crippen molar-refractivity contribution in [2.24, 2.45) is 0 Å². The van der Waals surface area contributed by atoms with Crippen LogP contribution in [0.3, 0.4) is 0 Å². The molecular formula is C24H21F3N2O3. The van der Waals surface area contributed by atoms with Crippen LogP contribution in [0.15, 0.2) is 60.8 Å². The van der Waals surface area contributed by atoms with E-state index in [4.69, 9.17) is 4.74 Å². The molecule has 1 aliphatic carbocycles. The Hall–Kier alpha value is -3.42. The number of halogens is 3. The number of benzene rings is 2. The molecule has 1 N–H and O–H groups in total. The average molecular weight is 442 g/mol. The summed E-state index contributed by atoms with van der Waals surface area (Å²) >= 11 is 0. The molecule has 1 aliphatic rings. The van der Waals surface area contributed by atoms with Crippen LogP contribution >= 0.6 is 0 Å². The van der Waals surface area contributed by atoms with Crippen LogP contribution in [0.25, 0.3) is 0 Å². The Morgan fingerprint density at radius 3 is 2.53 bits per heavy atom. The minimum atomic E-state index is -4.49. The minimum absolute atomic E-state index is 0.134. The number of carboxylic acid groups (broad SMARTS) is 1. The molecule has 166 valence electrons. The van der Waals surface area contributed by atoms with E-state index in [0.717, 1.165) is 24.1 Å². The van der Waals surface area contributed by atoms with Crippen molar-refractivity contribution < 1.29 is 27.8 Å². The molecule has 32 heavy (non-hydrogen) atoms. The predicted molar refractivity (Wildman–Crippen MR) is 111 cm³/mol. The van der Waals surface area contributed by atoms with Crippen molar-refractivity contribution in [2.75, 3.05) is 0 Å². The molecule has 0 saturated heterocycles. The van der Waals surface area contributed by atoms with Crippen molar-refractivity contribution in [1.82, 2.24) is 9.97 Å². The lowest BCUT2D eigenvalue weighted by Crippen LogP contribution is -2.14. The van der Waals surface area contributed by atoms with Gasteiger partial charge in [0, 0.05) is 12.1 Å². The first-order valence-electron chi connectivity index (χ1n) is 10.3. The van der Waals surface area contributed by atoms with E-state index in [0.29, 0.717) is 30.0 Å². The Balaban J connectivity index is 1.70. The summed E-state index contributed by atoms with van der Waals surface area (Å²) in [7, 11) is 0. The van der Waals surface area contributed by atoms with Crippen LogP contribution < -0.4 is 4.74 Å². The number of aromatic carboxylic acids is 1. The van der Waals surface area contributed by atoms with Crippen molar-refractivity contribution >= 4 is 5.97 Å². The molecule has 2 atom stereocenters. The molecule has 0 bridgehead atoms. The van der Waals surface area contributed by atoms with Crippen LogP contribution in [-0.4, -0.2) is 21.0 Å². The molecule has 1 saturated carbocycles. The molecule has 4 rings (SSSR count). The van der Waals surface area contributed by atoms with Gasteiger partial charge in [-0.2, -0.15) is 13.2 Å². The zero-order chi connectivity index (χ0) is 22.7. The van der Waals surface area contributed by atoms with Crippen LogP contribution in [0.5, 0.6) is 5.75 Å². The molecule has 0 spiro atoms. The summed E-state index contributed by atoms with van der Waals surface area (Å²) in [5.74, 6) is -1.06. The maximum Gasteiger partial charge on any atom is 0.416 e. The number of hydrogen-bond donors (Lipinski definition) is 1. The van der Waals surface area contributed by atoms with Crippen molar-refractivity contribution in [2.45, 2.75) is 43.9 Å². The molecule has 0 aliphatic heterocycles. The largest absolute Gasteiger partial charge is 0.489 e. The van der Waals surface area contributed by atoms with Crippen molar-refractivity contribution in [3.8, 4) is 5.75 Å². The third-order valence-corrected chi connectivity index (χ3v) is 5.71. The number of aromatic nitrogens is 2. The molecule has 2 aromatic carbocycles. The third-order valence-electron chi connectivity index (χ3n) is 5.71. The van der Waals surface area contributed by atoms with E-state index in [2.05, 4.69) is 9.97 Å². The molecule has 1 heterocycles.